The zero-order valence-electron chi connectivity index (χ0n) is 10.3. The largest absolute Gasteiger partial charge is 0.331 e. The number of carbonyl (C=O) groups excluding carboxylic acids is 1. The highest BCUT2D eigenvalue weighted by molar-refractivity contribution is 7.15. The lowest BCUT2D eigenvalue weighted by molar-refractivity contribution is -0.116. The number of carbonyl (C=O) groups is 1. The van der Waals surface area contributed by atoms with Gasteiger partial charge in [0.2, 0.25) is 11.0 Å². The van der Waals surface area contributed by atoms with Crippen LogP contribution in [0, 0.1) is 6.92 Å². The van der Waals surface area contributed by atoms with Gasteiger partial charge in [-0.05, 0) is 6.92 Å². The number of anilines is 1. The summed E-state index contributed by atoms with van der Waals surface area (Å²) in [6.45, 7) is 1.58. The van der Waals surface area contributed by atoms with Crippen molar-refractivity contribution in [2.24, 2.45) is 7.05 Å². The molecule has 100 valence electrons. The Kier molecular flexibility index (Phi) is 3.56. The summed E-state index contributed by atoms with van der Waals surface area (Å²) >= 11 is 1.24. The highest BCUT2D eigenvalue weighted by Crippen LogP contribution is 2.13. The highest BCUT2D eigenvalue weighted by atomic mass is 32.1. The van der Waals surface area contributed by atoms with Crippen molar-refractivity contribution in [1.29, 1.82) is 0 Å². The molecule has 1 N–H and O–H groups in total. The van der Waals surface area contributed by atoms with Crippen LogP contribution >= 0.6 is 11.3 Å². The number of hydrogen-bond donors (Lipinski definition) is 1. The van der Waals surface area contributed by atoms with Gasteiger partial charge in [0.15, 0.2) is 0 Å². The number of amides is 1. The van der Waals surface area contributed by atoms with E-state index < -0.39 is 17.2 Å². The molecule has 0 atom stereocenters. The molecule has 0 fully saturated rings. The average molecular weight is 281 g/mol. The minimum Gasteiger partial charge on any atom is -0.299 e. The van der Waals surface area contributed by atoms with Gasteiger partial charge in [0.05, 0.1) is 0 Å². The quantitative estimate of drug-likeness (QED) is 0.805. The summed E-state index contributed by atoms with van der Waals surface area (Å²) in [6.07, 6.45) is 1.29. The van der Waals surface area contributed by atoms with Crippen molar-refractivity contribution >= 4 is 22.4 Å². The van der Waals surface area contributed by atoms with Gasteiger partial charge in [-0.15, -0.1) is 10.2 Å². The van der Waals surface area contributed by atoms with Gasteiger partial charge in [0.1, 0.15) is 11.6 Å². The number of aromatic nitrogens is 4. The average Bonchev–Trinajstić information content (AvgIpc) is 2.75. The van der Waals surface area contributed by atoms with Crippen LogP contribution < -0.4 is 16.6 Å². The van der Waals surface area contributed by atoms with E-state index in [1.807, 2.05) is 0 Å². The molecule has 0 saturated heterocycles. The minimum atomic E-state index is -0.545. The van der Waals surface area contributed by atoms with Crippen LogP contribution in [-0.2, 0) is 18.4 Å². The third-order valence-electron chi connectivity index (χ3n) is 2.35. The monoisotopic (exact) mass is 281 g/mol. The molecule has 2 aromatic heterocycles. The lowest BCUT2D eigenvalue weighted by Crippen LogP contribution is -2.38. The highest BCUT2D eigenvalue weighted by Gasteiger charge is 2.09. The molecule has 0 saturated carbocycles. The first-order valence-electron chi connectivity index (χ1n) is 5.34. The third kappa shape index (κ3) is 2.94. The zero-order chi connectivity index (χ0) is 14.0. The summed E-state index contributed by atoms with van der Waals surface area (Å²) < 4.78 is 2.08. The topological polar surface area (TPSA) is 98.9 Å². The second-order valence-corrected chi connectivity index (χ2v) is 4.98. The first-order chi connectivity index (χ1) is 8.97. The predicted molar refractivity (Wildman–Crippen MR) is 69.2 cm³/mol. The Bertz CT molecular complexity index is 729. The molecule has 0 aromatic carbocycles. The van der Waals surface area contributed by atoms with Gasteiger partial charge in [-0.25, -0.2) is 4.79 Å². The summed E-state index contributed by atoms with van der Waals surface area (Å²) in [4.78, 5) is 34.6. The standard InChI is InChI=1S/C10H11N5O3S/c1-6-12-13-9(19-6)11-7(16)5-15-4-3-8(17)14(2)10(15)18/h3-4H,5H2,1-2H3,(H,11,13,16). The summed E-state index contributed by atoms with van der Waals surface area (Å²) in [7, 11) is 1.35. The Balaban J connectivity index is 2.14. The van der Waals surface area contributed by atoms with Gasteiger partial charge in [-0.3, -0.25) is 24.0 Å². The molecule has 2 heterocycles. The van der Waals surface area contributed by atoms with Crippen LogP contribution in [0.4, 0.5) is 5.13 Å². The predicted octanol–water partition coefficient (Wildman–Crippen LogP) is -0.654. The van der Waals surface area contributed by atoms with E-state index in [0.29, 0.717) is 5.13 Å². The van der Waals surface area contributed by atoms with Crippen LogP contribution in [-0.4, -0.2) is 25.2 Å². The van der Waals surface area contributed by atoms with Gasteiger partial charge in [0, 0.05) is 19.3 Å². The van der Waals surface area contributed by atoms with Gasteiger partial charge >= 0.3 is 5.69 Å². The fourth-order valence-corrected chi connectivity index (χ4v) is 2.01. The van der Waals surface area contributed by atoms with Gasteiger partial charge < -0.3 is 0 Å². The first-order valence-corrected chi connectivity index (χ1v) is 6.15. The van der Waals surface area contributed by atoms with Crippen molar-refractivity contribution in [1.82, 2.24) is 19.3 Å². The van der Waals surface area contributed by atoms with Crippen molar-refractivity contribution < 1.29 is 4.79 Å². The SMILES string of the molecule is Cc1nnc(NC(=O)Cn2ccc(=O)n(C)c2=O)s1. The van der Waals surface area contributed by atoms with E-state index in [4.69, 9.17) is 0 Å². The van der Waals surface area contributed by atoms with Gasteiger partial charge in [-0.2, -0.15) is 0 Å². The molecule has 0 spiro atoms. The molecule has 0 radical (unpaired) electrons. The van der Waals surface area contributed by atoms with Crippen molar-refractivity contribution in [3.8, 4) is 0 Å². The van der Waals surface area contributed by atoms with E-state index in [0.717, 1.165) is 14.1 Å². The molecular weight excluding hydrogens is 270 g/mol. The van der Waals surface area contributed by atoms with E-state index in [-0.39, 0.29) is 6.54 Å². The summed E-state index contributed by atoms with van der Waals surface area (Å²) in [5, 5.41) is 11.1. The summed E-state index contributed by atoms with van der Waals surface area (Å²) in [5.41, 5.74) is -0.961. The van der Waals surface area contributed by atoms with Crippen LogP contribution in [0.5, 0.6) is 0 Å². The molecule has 0 bridgehead atoms. The molecular formula is C10H11N5O3S. The molecule has 8 nitrogen and oxygen atoms in total. The van der Waals surface area contributed by atoms with E-state index >= 15 is 0 Å². The lowest BCUT2D eigenvalue weighted by Gasteiger charge is -2.06. The zero-order valence-corrected chi connectivity index (χ0v) is 11.1. The molecule has 2 aromatic rings. The maximum atomic E-state index is 11.7. The van der Waals surface area contributed by atoms with E-state index in [1.165, 1.54) is 30.6 Å². The fraction of sp³-hybridized carbons (Fsp3) is 0.300. The summed E-state index contributed by atoms with van der Waals surface area (Å²) in [5.74, 6) is -0.406. The van der Waals surface area contributed by atoms with E-state index in [9.17, 15) is 14.4 Å². The smallest absolute Gasteiger partial charge is 0.299 e. The Morgan fingerprint density at radius 2 is 2.16 bits per heavy atom. The normalized spacial score (nSPS) is 10.4. The molecule has 0 aliphatic heterocycles. The third-order valence-corrected chi connectivity index (χ3v) is 3.10. The van der Waals surface area contributed by atoms with Crippen molar-refractivity contribution in [2.75, 3.05) is 5.32 Å². The second kappa shape index (κ2) is 5.14. The number of nitrogens with zero attached hydrogens (tertiary/aromatic N) is 4. The maximum Gasteiger partial charge on any atom is 0.331 e. The van der Waals surface area contributed by atoms with Gasteiger partial charge in [0.25, 0.3) is 5.56 Å². The summed E-state index contributed by atoms with van der Waals surface area (Å²) in [6, 6.07) is 1.23. The van der Waals surface area contributed by atoms with E-state index in [2.05, 4.69) is 15.5 Å². The van der Waals surface area contributed by atoms with Crippen LogP contribution in [0.2, 0.25) is 0 Å². The lowest BCUT2D eigenvalue weighted by atomic mass is 10.5. The number of rotatable bonds is 3. The molecule has 0 unspecified atom stereocenters. The molecule has 0 aliphatic carbocycles. The molecule has 9 heteroatoms. The van der Waals surface area contributed by atoms with Crippen molar-refractivity contribution in [2.45, 2.75) is 13.5 Å². The Hall–Kier alpha value is -2.29. The Morgan fingerprint density at radius 3 is 2.79 bits per heavy atom. The van der Waals surface area contributed by atoms with Crippen LogP contribution in [0.15, 0.2) is 21.9 Å². The van der Waals surface area contributed by atoms with Gasteiger partial charge in [-0.1, -0.05) is 11.3 Å². The number of nitrogens with one attached hydrogen (secondary N) is 1. The first kappa shape index (κ1) is 13.1. The minimum absolute atomic E-state index is 0.189. The van der Waals surface area contributed by atoms with Crippen LogP contribution in [0.1, 0.15) is 5.01 Å². The molecule has 2 rings (SSSR count). The number of hydrogen-bond acceptors (Lipinski definition) is 6. The Morgan fingerprint density at radius 1 is 1.42 bits per heavy atom. The number of aryl methyl sites for hydroxylation is 1. The molecule has 19 heavy (non-hydrogen) atoms. The molecule has 0 aliphatic rings. The van der Waals surface area contributed by atoms with Crippen molar-refractivity contribution in [3.63, 3.8) is 0 Å². The Labute approximate surface area is 111 Å². The fourth-order valence-electron chi connectivity index (χ4n) is 1.40. The maximum absolute atomic E-state index is 11.7. The van der Waals surface area contributed by atoms with E-state index in [1.54, 1.807) is 6.92 Å². The van der Waals surface area contributed by atoms with Crippen LogP contribution in [0.3, 0.4) is 0 Å². The molecule has 1 amide bonds. The second-order valence-electron chi connectivity index (χ2n) is 3.80. The van der Waals surface area contributed by atoms with Crippen molar-refractivity contribution in [3.05, 3.63) is 38.1 Å². The van der Waals surface area contributed by atoms with Crippen LogP contribution in [0.25, 0.3) is 0 Å².